The highest BCUT2D eigenvalue weighted by Crippen LogP contribution is 2.37. The molecule has 0 radical (unpaired) electrons. The average molecular weight is 407 g/mol. The number of hydrogen-bond donors (Lipinski definition) is 2. The van der Waals surface area contributed by atoms with Gasteiger partial charge in [-0.3, -0.25) is 0 Å². The zero-order valence-electron chi connectivity index (χ0n) is 14.4. The van der Waals surface area contributed by atoms with Gasteiger partial charge in [0.05, 0.1) is 21.1 Å². The van der Waals surface area contributed by atoms with Crippen LogP contribution in [-0.2, 0) is 0 Å². The van der Waals surface area contributed by atoms with Gasteiger partial charge in [0, 0.05) is 23.8 Å². The van der Waals surface area contributed by atoms with Crippen molar-refractivity contribution < 1.29 is 0 Å². The summed E-state index contributed by atoms with van der Waals surface area (Å²) >= 11 is 2.85. The van der Waals surface area contributed by atoms with Crippen LogP contribution in [0.5, 0.6) is 0 Å². The first-order chi connectivity index (χ1) is 13.7. The summed E-state index contributed by atoms with van der Waals surface area (Å²) in [6.45, 7) is 0. The number of azo groups is 2. The van der Waals surface area contributed by atoms with Gasteiger partial charge in [0.15, 0.2) is 0 Å². The molecule has 0 saturated heterocycles. The Morgan fingerprint density at radius 2 is 0.964 bits per heavy atom. The molecule has 0 atom stereocenters. The predicted molar refractivity (Wildman–Crippen MR) is 113 cm³/mol. The molecule has 0 spiro atoms. The monoisotopic (exact) mass is 406 g/mol. The van der Waals surface area contributed by atoms with Crippen molar-refractivity contribution in [2.45, 2.75) is 0 Å². The second-order valence-corrected chi connectivity index (χ2v) is 7.62. The lowest BCUT2D eigenvalue weighted by atomic mass is 10.3. The van der Waals surface area contributed by atoms with Crippen LogP contribution in [0.4, 0.5) is 33.0 Å². The second kappa shape index (κ2) is 8.03. The molecule has 4 rings (SSSR count). The number of hydrogen-bond acceptors (Lipinski definition) is 10. The SMILES string of the molecule is Nc1ccc(N=Nc2ncc(-c3cnc(N=Nc4ccc(N)cc4)s3)s2)cc1. The van der Waals surface area contributed by atoms with Crippen LogP contribution in [0.25, 0.3) is 9.75 Å². The lowest BCUT2D eigenvalue weighted by molar-refractivity contribution is 1.20. The van der Waals surface area contributed by atoms with Gasteiger partial charge in [0.25, 0.3) is 0 Å². The van der Waals surface area contributed by atoms with Crippen LogP contribution in [0.1, 0.15) is 0 Å². The van der Waals surface area contributed by atoms with E-state index in [1.54, 1.807) is 60.9 Å². The highest BCUT2D eigenvalue weighted by molar-refractivity contribution is 7.25. The van der Waals surface area contributed by atoms with Crippen molar-refractivity contribution in [3.63, 3.8) is 0 Å². The van der Waals surface area contributed by atoms with Crippen molar-refractivity contribution >= 4 is 55.7 Å². The van der Waals surface area contributed by atoms with Gasteiger partial charge in [-0.1, -0.05) is 22.7 Å². The minimum atomic E-state index is 0.560. The lowest BCUT2D eigenvalue weighted by Gasteiger charge is -1.92. The third kappa shape index (κ3) is 4.42. The predicted octanol–water partition coefficient (Wildman–Crippen LogP) is 6.26. The Hall–Kier alpha value is -3.50. The molecule has 0 fully saturated rings. The Labute approximate surface area is 168 Å². The van der Waals surface area contributed by atoms with Gasteiger partial charge in [0.2, 0.25) is 10.3 Å². The van der Waals surface area contributed by atoms with Crippen LogP contribution in [0, 0.1) is 0 Å². The number of benzene rings is 2. The maximum atomic E-state index is 5.66. The molecule has 0 aliphatic carbocycles. The van der Waals surface area contributed by atoms with E-state index in [1.807, 2.05) is 0 Å². The number of nitrogens with two attached hydrogens (primary N) is 2. The minimum absolute atomic E-state index is 0.560. The van der Waals surface area contributed by atoms with Gasteiger partial charge in [-0.15, -0.1) is 20.5 Å². The number of anilines is 2. The van der Waals surface area contributed by atoms with E-state index in [4.69, 9.17) is 11.5 Å². The van der Waals surface area contributed by atoms with E-state index < -0.39 is 0 Å². The van der Waals surface area contributed by atoms with E-state index in [0.29, 0.717) is 33.0 Å². The molecule has 0 aliphatic rings. The maximum Gasteiger partial charge on any atom is 0.230 e. The average Bonchev–Trinajstić information content (AvgIpc) is 3.36. The molecule has 28 heavy (non-hydrogen) atoms. The van der Waals surface area contributed by atoms with E-state index >= 15 is 0 Å². The third-order valence-corrected chi connectivity index (χ3v) is 5.48. The summed E-state index contributed by atoms with van der Waals surface area (Å²) in [6, 6.07) is 14.3. The number of nitrogens with zero attached hydrogens (tertiary/aromatic N) is 6. The molecule has 2 aromatic heterocycles. The molecule has 10 heteroatoms. The molecular formula is C18H14N8S2. The van der Waals surface area contributed by atoms with Crippen molar-refractivity contribution in [3.05, 3.63) is 60.9 Å². The largest absolute Gasteiger partial charge is 0.399 e. The Kier molecular flexibility index (Phi) is 5.13. The van der Waals surface area contributed by atoms with Gasteiger partial charge in [-0.2, -0.15) is 0 Å². The van der Waals surface area contributed by atoms with Crippen molar-refractivity contribution in [2.75, 3.05) is 11.5 Å². The van der Waals surface area contributed by atoms with Crippen LogP contribution in [0.15, 0.2) is 81.4 Å². The molecule has 2 aromatic carbocycles. The van der Waals surface area contributed by atoms with E-state index in [0.717, 1.165) is 9.75 Å². The van der Waals surface area contributed by atoms with E-state index in [2.05, 4.69) is 30.4 Å². The first-order valence-corrected chi connectivity index (χ1v) is 9.75. The fourth-order valence-corrected chi connectivity index (χ4v) is 3.67. The molecule has 4 N–H and O–H groups in total. The van der Waals surface area contributed by atoms with Gasteiger partial charge >= 0.3 is 0 Å². The van der Waals surface area contributed by atoms with Crippen molar-refractivity contribution in [3.8, 4) is 9.75 Å². The fourth-order valence-electron chi connectivity index (χ4n) is 2.13. The molecule has 0 amide bonds. The van der Waals surface area contributed by atoms with Gasteiger partial charge in [0.1, 0.15) is 0 Å². The van der Waals surface area contributed by atoms with E-state index in [-0.39, 0.29) is 0 Å². The molecule has 8 nitrogen and oxygen atoms in total. The van der Waals surface area contributed by atoms with Gasteiger partial charge < -0.3 is 11.5 Å². The molecule has 138 valence electrons. The summed E-state index contributed by atoms with van der Waals surface area (Å²) in [4.78, 5) is 10.4. The second-order valence-electron chi connectivity index (χ2n) is 5.60. The summed E-state index contributed by atoms with van der Waals surface area (Å²) in [5, 5.41) is 17.8. The zero-order chi connectivity index (χ0) is 19.3. The Morgan fingerprint density at radius 1 is 0.571 bits per heavy atom. The van der Waals surface area contributed by atoms with Crippen LogP contribution in [-0.4, -0.2) is 9.97 Å². The smallest absolute Gasteiger partial charge is 0.230 e. The molecule has 0 bridgehead atoms. The van der Waals surface area contributed by atoms with Crippen LogP contribution >= 0.6 is 22.7 Å². The molecule has 4 aromatic rings. The summed E-state index contributed by atoms with van der Waals surface area (Å²) in [6.07, 6.45) is 3.49. The highest BCUT2D eigenvalue weighted by Gasteiger charge is 2.08. The third-order valence-electron chi connectivity index (χ3n) is 3.52. The Morgan fingerprint density at radius 3 is 1.36 bits per heavy atom. The van der Waals surface area contributed by atoms with Gasteiger partial charge in [-0.25, -0.2) is 9.97 Å². The normalized spacial score (nSPS) is 11.6. The summed E-state index contributed by atoms with van der Waals surface area (Å²) < 4.78 is 0. The van der Waals surface area contributed by atoms with Crippen molar-refractivity contribution in [1.82, 2.24) is 9.97 Å². The van der Waals surface area contributed by atoms with Crippen LogP contribution in [0.2, 0.25) is 0 Å². The molecule has 2 heterocycles. The van der Waals surface area contributed by atoms with Crippen LogP contribution < -0.4 is 11.5 Å². The van der Waals surface area contributed by atoms with Crippen molar-refractivity contribution in [1.29, 1.82) is 0 Å². The fraction of sp³-hybridized carbons (Fsp3) is 0. The van der Waals surface area contributed by atoms with Crippen LogP contribution in [0.3, 0.4) is 0 Å². The zero-order valence-corrected chi connectivity index (χ0v) is 16.1. The summed E-state index contributed by atoms with van der Waals surface area (Å²) in [7, 11) is 0. The number of thiazole rings is 2. The Bertz CT molecular complexity index is 1040. The first kappa shape index (κ1) is 17.9. The molecular weight excluding hydrogens is 392 g/mol. The summed E-state index contributed by atoms with van der Waals surface area (Å²) in [5.41, 5.74) is 14.1. The molecule has 0 aliphatic heterocycles. The standard InChI is InChI=1S/C18H14N8S2/c19-11-1-5-13(6-2-11)23-25-17-21-9-15(27-17)16-10-22-18(28-16)26-24-14-7-3-12(20)4-8-14/h1-10H,19-20H2. The number of aromatic nitrogens is 2. The Balaban J connectivity index is 1.45. The van der Waals surface area contributed by atoms with E-state index in [9.17, 15) is 0 Å². The van der Waals surface area contributed by atoms with E-state index in [1.165, 1.54) is 22.7 Å². The molecule has 0 saturated carbocycles. The highest BCUT2D eigenvalue weighted by atomic mass is 32.1. The quantitative estimate of drug-likeness (QED) is 0.299. The van der Waals surface area contributed by atoms with Gasteiger partial charge in [-0.05, 0) is 48.5 Å². The molecule has 0 unspecified atom stereocenters. The minimum Gasteiger partial charge on any atom is -0.399 e. The van der Waals surface area contributed by atoms with Crippen molar-refractivity contribution in [2.24, 2.45) is 20.5 Å². The number of nitrogen functional groups attached to an aromatic ring is 2. The first-order valence-electron chi connectivity index (χ1n) is 8.12. The maximum absolute atomic E-state index is 5.66. The lowest BCUT2D eigenvalue weighted by Crippen LogP contribution is -1.80. The summed E-state index contributed by atoms with van der Waals surface area (Å²) in [5.74, 6) is 0. The number of rotatable bonds is 5. The topological polar surface area (TPSA) is 127 Å².